The Morgan fingerprint density at radius 1 is 1.30 bits per heavy atom. The lowest BCUT2D eigenvalue weighted by atomic mass is 9.81. The van der Waals surface area contributed by atoms with Crippen LogP contribution in [-0.2, 0) is 28.9 Å². The van der Waals surface area contributed by atoms with Gasteiger partial charge in [-0.3, -0.25) is 9.59 Å². The summed E-state index contributed by atoms with van der Waals surface area (Å²) < 4.78 is 7.40. The number of ether oxygens (including phenoxy) is 1. The van der Waals surface area contributed by atoms with Gasteiger partial charge in [-0.2, -0.15) is 5.10 Å². The van der Waals surface area contributed by atoms with E-state index in [0.717, 1.165) is 19.3 Å². The van der Waals surface area contributed by atoms with Crippen LogP contribution < -0.4 is 11.5 Å². The van der Waals surface area contributed by atoms with Crippen molar-refractivity contribution in [2.75, 3.05) is 25.4 Å². The number of anilines is 1. The first-order chi connectivity index (χ1) is 14.5. The van der Waals surface area contributed by atoms with Crippen molar-refractivity contribution < 1.29 is 14.3 Å². The van der Waals surface area contributed by atoms with Crippen molar-refractivity contribution in [2.45, 2.75) is 37.8 Å². The molecule has 0 radical (unpaired) electrons. The topological polar surface area (TPSA) is 116 Å². The molecule has 1 aromatic heterocycles. The molecule has 1 aromatic carbocycles. The zero-order valence-corrected chi connectivity index (χ0v) is 16.9. The van der Waals surface area contributed by atoms with E-state index in [-0.39, 0.29) is 23.7 Å². The van der Waals surface area contributed by atoms with Crippen molar-refractivity contribution in [2.24, 2.45) is 5.73 Å². The molecule has 2 amide bonds. The number of rotatable bonds is 5. The van der Waals surface area contributed by atoms with Crippen LogP contribution in [0.5, 0.6) is 0 Å². The minimum Gasteiger partial charge on any atom is -0.383 e. The molecule has 2 aliphatic rings. The van der Waals surface area contributed by atoms with Crippen molar-refractivity contribution in [1.29, 1.82) is 0 Å². The fourth-order valence-electron chi connectivity index (χ4n) is 4.45. The summed E-state index contributed by atoms with van der Waals surface area (Å²) in [6.07, 6.45) is 3.64. The summed E-state index contributed by atoms with van der Waals surface area (Å²) in [6, 6.07) is 8.34. The van der Waals surface area contributed by atoms with E-state index in [9.17, 15) is 9.59 Å². The molecule has 1 saturated heterocycles. The molecular weight excluding hydrogens is 382 g/mol. The van der Waals surface area contributed by atoms with Crippen molar-refractivity contribution in [3.63, 3.8) is 0 Å². The van der Waals surface area contributed by atoms with Gasteiger partial charge < -0.3 is 21.1 Å². The number of aromatic nitrogens is 2. The van der Waals surface area contributed by atoms with Gasteiger partial charge in [-0.05, 0) is 36.5 Å². The van der Waals surface area contributed by atoms with E-state index in [1.807, 2.05) is 12.1 Å². The predicted molar refractivity (Wildman–Crippen MR) is 113 cm³/mol. The highest BCUT2D eigenvalue weighted by atomic mass is 16.5. The number of hydrogen-bond acceptors (Lipinski definition) is 5. The number of benzene rings is 1. The van der Waals surface area contributed by atoms with Gasteiger partial charge in [0.2, 0.25) is 5.91 Å². The normalized spacial score (nSPS) is 21.1. The minimum absolute atomic E-state index is 0.0806. The molecule has 4 rings (SSSR count). The summed E-state index contributed by atoms with van der Waals surface area (Å²) in [7, 11) is 0. The summed E-state index contributed by atoms with van der Waals surface area (Å²) in [4.78, 5) is 25.8. The van der Waals surface area contributed by atoms with E-state index in [4.69, 9.17) is 21.3 Å². The molecule has 158 valence electrons. The Morgan fingerprint density at radius 2 is 2.07 bits per heavy atom. The van der Waals surface area contributed by atoms with Crippen molar-refractivity contribution in [3.8, 4) is 0 Å². The Morgan fingerprint density at radius 3 is 2.80 bits per heavy atom. The summed E-state index contributed by atoms with van der Waals surface area (Å²) in [5.41, 5.74) is 15.5. The van der Waals surface area contributed by atoms with Gasteiger partial charge >= 0.3 is 0 Å². The fraction of sp³-hybridized carbons (Fsp3) is 0.409. The number of nitrogens with zero attached hydrogens (tertiary/aromatic N) is 3. The Labute approximate surface area is 175 Å². The molecule has 8 nitrogen and oxygen atoms in total. The molecule has 2 heterocycles. The van der Waals surface area contributed by atoms with Gasteiger partial charge in [0.1, 0.15) is 11.4 Å². The molecule has 2 atom stereocenters. The van der Waals surface area contributed by atoms with E-state index in [1.54, 1.807) is 9.58 Å². The molecule has 0 bridgehead atoms. The van der Waals surface area contributed by atoms with Gasteiger partial charge in [-0.25, -0.2) is 4.68 Å². The number of primary amides is 1. The number of aryl methyl sites for hydroxylation is 1. The van der Waals surface area contributed by atoms with Gasteiger partial charge in [0.15, 0.2) is 0 Å². The van der Waals surface area contributed by atoms with Gasteiger partial charge in [0.25, 0.3) is 5.91 Å². The Bertz CT molecular complexity index is 983. The van der Waals surface area contributed by atoms with Crippen LogP contribution in [0, 0.1) is 0 Å². The van der Waals surface area contributed by atoms with E-state index in [0.29, 0.717) is 37.5 Å². The number of nitrogen functional groups attached to an aromatic ring is 1. The lowest BCUT2D eigenvalue weighted by Gasteiger charge is -2.32. The Kier molecular flexibility index (Phi) is 5.59. The van der Waals surface area contributed by atoms with Crippen LogP contribution in [0.4, 0.5) is 5.82 Å². The van der Waals surface area contributed by atoms with Crippen molar-refractivity contribution in [1.82, 2.24) is 14.7 Å². The largest absolute Gasteiger partial charge is 0.383 e. The molecule has 1 aliphatic carbocycles. The summed E-state index contributed by atoms with van der Waals surface area (Å²) in [5, 5.41) is 4.70. The Balaban J connectivity index is 1.58. The van der Waals surface area contributed by atoms with E-state index >= 15 is 0 Å². The average molecular weight is 409 g/mol. The molecule has 0 spiro atoms. The predicted octanol–water partition coefficient (Wildman–Crippen LogP) is 1.25. The second-order valence-electron chi connectivity index (χ2n) is 7.88. The maximum absolute atomic E-state index is 12.2. The molecule has 0 saturated carbocycles. The molecule has 2 unspecified atom stereocenters. The van der Waals surface area contributed by atoms with Gasteiger partial charge in [0, 0.05) is 19.0 Å². The van der Waals surface area contributed by atoms with Crippen LogP contribution in [0.3, 0.4) is 0 Å². The zero-order valence-electron chi connectivity index (χ0n) is 16.9. The number of carbonyl (C=O) groups is 2. The molecule has 1 aliphatic heterocycles. The lowest BCUT2D eigenvalue weighted by Crippen LogP contribution is -2.46. The highest BCUT2D eigenvalue weighted by Gasteiger charge is 2.31. The van der Waals surface area contributed by atoms with E-state index in [1.165, 1.54) is 17.2 Å². The quantitative estimate of drug-likeness (QED) is 0.721. The molecule has 30 heavy (non-hydrogen) atoms. The molecule has 2 aromatic rings. The van der Waals surface area contributed by atoms with Crippen molar-refractivity contribution in [3.05, 3.63) is 59.3 Å². The second-order valence-corrected chi connectivity index (χ2v) is 7.88. The van der Waals surface area contributed by atoms with Crippen LogP contribution in [0.25, 0.3) is 0 Å². The smallest absolute Gasteiger partial charge is 0.254 e. The third-order valence-electron chi connectivity index (χ3n) is 6.00. The van der Waals surface area contributed by atoms with Gasteiger partial charge in [0.05, 0.1) is 24.9 Å². The molecule has 8 heteroatoms. The Hall–Kier alpha value is -3.13. The zero-order chi connectivity index (χ0) is 21.3. The summed E-state index contributed by atoms with van der Waals surface area (Å²) >= 11 is 0. The minimum atomic E-state index is -0.569. The first-order valence-corrected chi connectivity index (χ1v) is 10.2. The van der Waals surface area contributed by atoms with E-state index in [2.05, 4.69) is 18.7 Å². The fourth-order valence-corrected chi connectivity index (χ4v) is 4.45. The maximum atomic E-state index is 12.2. The molecule has 1 fully saturated rings. The summed E-state index contributed by atoms with van der Waals surface area (Å²) in [6.45, 7) is 5.26. The number of morpholine rings is 1. The number of hydrogen-bond donors (Lipinski definition) is 2. The number of nitrogens with two attached hydrogens (primary N) is 2. The highest BCUT2D eigenvalue weighted by Crippen LogP contribution is 2.35. The SMILES string of the molecule is C=CC(=O)N1CCOC(Cn2nc(C3CCc4ccccc4C3)c(C(N)=O)c2N)C1. The number of fused-ring (bicyclic) bond motifs is 1. The molecular formula is C22H27N5O3. The lowest BCUT2D eigenvalue weighted by molar-refractivity contribution is -0.134. The van der Waals surface area contributed by atoms with E-state index < -0.39 is 5.91 Å². The third-order valence-corrected chi connectivity index (χ3v) is 6.00. The second kappa shape index (κ2) is 8.31. The maximum Gasteiger partial charge on any atom is 0.254 e. The highest BCUT2D eigenvalue weighted by molar-refractivity contribution is 5.98. The third kappa shape index (κ3) is 3.82. The van der Waals surface area contributed by atoms with Crippen LogP contribution in [-0.4, -0.2) is 52.3 Å². The van der Waals surface area contributed by atoms with Crippen LogP contribution in [0.2, 0.25) is 0 Å². The van der Waals surface area contributed by atoms with Crippen LogP contribution in [0.15, 0.2) is 36.9 Å². The monoisotopic (exact) mass is 409 g/mol. The standard InChI is InChI=1S/C22H27N5O3/c1-2-18(28)26-9-10-30-17(12-26)13-27-21(23)19(22(24)29)20(25-27)16-8-7-14-5-3-4-6-15(14)11-16/h2-6,16-17H,1,7-13,23H2,(H2,24,29). The van der Waals surface area contributed by atoms with Gasteiger partial charge in [-0.15, -0.1) is 0 Å². The first-order valence-electron chi connectivity index (χ1n) is 10.2. The van der Waals surface area contributed by atoms with Gasteiger partial charge in [-0.1, -0.05) is 30.8 Å². The number of carbonyl (C=O) groups excluding carboxylic acids is 2. The number of amides is 2. The van der Waals surface area contributed by atoms with Crippen molar-refractivity contribution >= 4 is 17.6 Å². The first kappa shape index (κ1) is 20.2. The summed E-state index contributed by atoms with van der Waals surface area (Å²) in [5.74, 6) is -0.360. The average Bonchev–Trinajstić information content (AvgIpc) is 3.09. The van der Waals surface area contributed by atoms with Crippen LogP contribution >= 0.6 is 0 Å². The molecule has 4 N–H and O–H groups in total. The van der Waals surface area contributed by atoms with Crippen LogP contribution in [0.1, 0.15) is 39.5 Å².